The van der Waals surface area contributed by atoms with Crippen LogP contribution in [0.15, 0.2) is 6.20 Å². The first kappa shape index (κ1) is 8.54. The summed E-state index contributed by atoms with van der Waals surface area (Å²) in [6.07, 6.45) is 1.16. The molecule has 1 aromatic rings. The van der Waals surface area contributed by atoms with Crippen molar-refractivity contribution in [3.63, 3.8) is 0 Å². The van der Waals surface area contributed by atoms with Crippen LogP contribution in [-0.2, 0) is 9.57 Å². The Bertz CT molecular complexity index is 283. The van der Waals surface area contributed by atoms with Crippen molar-refractivity contribution < 1.29 is 14.4 Å². The van der Waals surface area contributed by atoms with Crippen LogP contribution in [0, 0.1) is 0 Å². The molecule has 1 aliphatic rings. The quantitative estimate of drug-likeness (QED) is 0.656. The summed E-state index contributed by atoms with van der Waals surface area (Å²) >= 11 is 0.978. The second kappa shape index (κ2) is 3.77. The third kappa shape index (κ3) is 2.00. The summed E-state index contributed by atoms with van der Waals surface area (Å²) in [7, 11) is 0. The average molecular weight is 201 g/mol. The number of rotatable bonds is 2. The van der Waals surface area contributed by atoms with E-state index in [1.54, 1.807) is 0 Å². The summed E-state index contributed by atoms with van der Waals surface area (Å²) in [5.41, 5.74) is 2.86. The number of hydrogen-bond donors (Lipinski definition) is 1. The van der Waals surface area contributed by atoms with Gasteiger partial charge < -0.3 is 4.74 Å². The van der Waals surface area contributed by atoms with Crippen LogP contribution >= 0.6 is 11.7 Å². The maximum atomic E-state index is 11.3. The Morgan fingerprint density at radius 1 is 1.85 bits per heavy atom. The van der Waals surface area contributed by atoms with Crippen molar-refractivity contribution in [3.8, 4) is 0 Å². The normalized spacial score (nSPS) is 21.7. The highest BCUT2D eigenvalue weighted by molar-refractivity contribution is 6.99. The van der Waals surface area contributed by atoms with Gasteiger partial charge in [0.25, 0.3) is 0 Å². The number of nitrogens with zero attached hydrogens (tertiary/aromatic N) is 2. The lowest BCUT2D eigenvalue weighted by Gasteiger charge is -2.06. The summed E-state index contributed by atoms with van der Waals surface area (Å²) < 4.78 is 12.5. The van der Waals surface area contributed by atoms with Crippen LogP contribution in [0.2, 0.25) is 0 Å². The minimum Gasteiger partial charge on any atom is -0.454 e. The van der Waals surface area contributed by atoms with E-state index in [1.807, 2.05) is 0 Å². The first-order valence-corrected chi connectivity index (χ1v) is 4.42. The van der Waals surface area contributed by atoms with Gasteiger partial charge in [-0.25, -0.2) is 4.79 Å². The molecule has 0 aromatic carbocycles. The van der Waals surface area contributed by atoms with Gasteiger partial charge in [-0.15, -0.1) is 0 Å². The van der Waals surface area contributed by atoms with Crippen LogP contribution < -0.4 is 5.48 Å². The van der Waals surface area contributed by atoms with Gasteiger partial charge in [-0.2, -0.15) is 14.2 Å². The fraction of sp³-hybridized carbons (Fsp3) is 0.500. The molecule has 0 aliphatic carbocycles. The predicted molar refractivity (Wildman–Crippen MR) is 43.1 cm³/mol. The van der Waals surface area contributed by atoms with Crippen LogP contribution in [0.4, 0.5) is 0 Å². The van der Waals surface area contributed by atoms with Gasteiger partial charge >= 0.3 is 5.97 Å². The van der Waals surface area contributed by atoms with Crippen molar-refractivity contribution in [3.05, 3.63) is 11.9 Å². The molecule has 13 heavy (non-hydrogen) atoms. The van der Waals surface area contributed by atoms with Crippen LogP contribution in [0.3, 0.4) is 0 Å². The molecule has 2 heterocycles. The van der Waals surface area contributed by atoms with Gasteiger partial charge in [-0.3, -0.25) is 4.84 Å². The maximum absolute atomic E-state index is 11.3. The molecule has 0 saturated carbocycles. The highest BCUT2D eigenvalue weighted by atomic mass is 32.1. The summed E-state index contributed by atoms with van der Waals surface area (Å²) in [5, 5.41) is 0. The molecule has 0 bridgehead atoms. The van der Waals surface area contributed by atoms with Crippen molar-refractivity contribution in [2.24, 2.45) is 0 Å². The van der Waals surface area contributed by atoms with E-state index in [1.165, 1.54) is 6.20 Å². The van der Waals surface area contributed by atoms with Crippen LogP contribution in [0.5, 0.6) is 0 Å². The molecule has 1 saturated heterocycles. The number of esters is 1. The van der Waals surface area contributed by atoms with Gasteiger partial charge in [0.2, 0.25) is 0 Å². The van der Waals surface area contributed by atoms with Crippen LogP contribution in [-0.4, -0.2) is 34.0 Å². The number of ether oxygens (including phenoxy) is 1. The number of carbonyl (C=O) groups excluding carboxylic acids is 1. The Hall–Kier alpha value is -1.05. The number of carbonyl (C=O) groups is 1. The molecule has 2 rings (SSSR count). The Morgan fingerprint density at radius 3 is 3.38 bits per heavy atom. The smallest absolute Gasteiger partial charge is 0.360 e. The van der Waals surface area contributed by atoms with E-state index in [4.69, 9.17) is 9.57 Å². The summed E-state index contributed by atoms with van der Waals surface area (Å²) in [4.78, 5) is 16.1. The van der Waals surface area contributed by atoms with Crippen molar-refractivity contribution in [1.82, 2.24) is 14.2 Å². The molecule has 0 radical (unpaired) electrons. The van der Waals surface area contributed by atoms with Gasteiger partial charge in [0.1, 0.15) is 12.7 Å². The SMILES string of the molecule is O=C(O[C@H]1CNOC1)c1cnsn1. The third-order valence-corrected chi connectivity index (χ3v) is 2.00. The zero-order valence-electron chi connectivity index (χ0n) is 6.60. The van der Waals surface area contributed by atoms with E-state index >= 15 is 0 Å². The van der Waals surface area contributed by atoms with Gasteiger partial charge in [-0.05, 0) is 0 Å². The first-order valence-electron chi connectivity index (χ1n) is 3.69. The lowest BCUT2D eigenvalue weighted by atomic mass is 10.4. The zero-order valence-corrected chi connectivity index (χ0v) is 7.41. The van der Waals surface area contributed by atoms with E-state index in [2.05, 4.69) is 14.2 Å². The van der Waals surface area contributed by atoms with E-state index in [0.29, 0.717) is 13.2 Å². The lowest BCUT2D eigenvalue weighted by Crippen LogP contribution is -2.22. The second-order valence-corrected chi connectivity index (χ2v) is 3.04. The van der Waals surface area contributed by atoms with Gasteiger partial charge in [0.05, 0.1) is 24.5 Å². The number of aromatic nitrogens is 2. The van der Waals surface area contributed by atoms with Crippen LogP contribution in [0.1, 0.15) is 10.5 Å². The Labute approximate surface area is 78.1 Å². The number of hydrogen-bond acceptors (Lipinski definition) is 7. The second-order valence-electron chi connectivity index (χ2n) is 2.48. The van der Waals surface area contributed by atoms with Gasteiger partial charge in [0.15, 0.2) is 5.69 Å². The van der Waals surface area contributed by atoms with E-state index in [0.717, 1.165) is 11.7 Å². The molecular formula is C6H7N3O3S. The van der Waals surface area contributed by atoms with Gasteiger partial charge in [0, 0.05) is 0 Å². The molecule has 0 spiro atoms. The largest absolute Gasteiger partial charge is 0.454 e. The Kier molecular flexibility index (Phi) is 2.48. The zero-order chi connectivity index (χ0) is 9.10. The fourth-order valence-corrected chi connectivity index (χ4v) is 1.31. The lowest BCUT2D eigenvalue weighted by molar-refractivity contribution is 0.0249. The molecular weight excluding hydrogens is 194 g/mol. The molecule has 1 N–H and O–H groups in total. The molecule has 70 valence electrons. The topological polar surface area (TPSA) is 73.3 Å². The number of nitrogens with one attached hydrogen (secondary N) is 1. The fourth-order valence-electron chi connectivity index (χ4n) is 0.905. The van der Waals surface area contributed by atoms with Gasteiger partial charge in [-0.1, -0.05) is 0 Å². The van der Waals surface area contributed by atoms with E-state index in [9.17, 15) is 4.79 Å². The minimum atomic E-state index is -0.453. The standard InChI is InChI=1S/C6H7N3O3S/c10-6(5-2-8-13-9-5)12-4-1-7-11-3-4/h2,4,7H,1,3H2/t4-/m0/s1. The predicted octanol–water partition coefficient (Wildman–Crippen LogP) is -0.402. The van der Waals surface area contributed by atoms with Crippen LogP contribution in [0.25, 0.3) is 0 Å². The molecule has 1 aromatic heterocycles. The van der Waals surface area contributed by atoms with Crippen molar-refractivity contribution >= 4 is 17.7 Å². The third-order valence-electron chi connectivity index (χ3n) is 1.53. The average Bonchev–Trinajstić information content (AvgIpc) is 2.74. The summed E-state index contributed by atoms with van der Waals surface area (Å²) in [5.74, 6) is -0.453. The molecule has 1 atom stereocenters. The minimum absolute atomic E-state index is 0.228. The molecule has 1 fully saturated rings. The maximum Gasteiger partial charge on any atom is 0.360 e. The first-order chi connectivity index (χ1) is 6.36. The summed E-state index contributed by atoms with van der Waals surface area (Å²) in [6, 6.07) is 0. The monoisotopic (exact) mass is 201 g/mol. The number of hydroxylamine groups is 1. The van der Waals surface area contributed by atoms with E-state index in [-0.39, 0.29) is 11.8 Å². The molecule has 0 unspecified atom stereocenters. The highest BCUT2D eigenvalue weighted by Gasteiger charge is 2.21. The Balaban J connectivity index is 1.91. The molecule has 0 amide bonds. The van der Waals surface area contributed by atoms with E-state index < -0.39 is 5.97 Å². The van der Waals surface area contributed by atoms with Crippen molar-refractivity contribution in [1.29, 1.82) is 0 Å². The molecule has 1 aliphatic heterocycles. The van der Waals surface area contributed by atoms with Crippen molar-refractivity contribution in [2.75, 3.05) is 13.2 Å². The highest BCUT2D eigenvalue weighted by Crippen LogP contribution is 2.04. The molecule has 6 nitrogen and oxygen atoms in total. The summed E-state index contributed by atoms with van der Waals surface area (Å²) in [6.45, 7) is 0.895. The van der Waals surface area contributed by atoms with Crippen molar-refractivity contribution in [2.45, 2.75) is 6.10 Å². The Morgan fingerprint density at radius 2 is 2.77 bits per heavy atom. The molecule has 7 heteroatoms.